The van der Waals surface area contributed by atoms with Crippen LogP contribution in [0.3, 0.4) is 0 Å². The number of nitrogens with zero attached hydrogens (tertiary/aromatic N) is 3. The zero-order chi connectivity index (χ0) is 30.1. The van der Waals surface area contributed by atoms with E-state index < -0.39 is 18.0 Å². The number of carbonyl (C=O) groups is 2. The van der Waals surface area contributed by atoms with Crippen molar-refractivity contribution in [2.24, 2.45) is 4.99 Å². The molecule has 42 heavy (non-hydrogen) atoms. The summed E-state index contributed by atoms with van der Waals surface area (Å²) in [5.74, 6) is -0.393. The number of para-hydroxylation sites is 1. The summed E-state index contributed by atoms with van der Waals surface area (Å²) < 4.78 is 19.9. The maximum Gasteiger partial charge on any atom is 0.338 e. The first-order valence-corrected chi connectivity index (χ1v) is 14.2. The van der Waals surface area contributed by atoms with Crippen molar-refractivity contribution >= 4 is 29.4 Å². The highest BCUT2D eigenvalue weighted by Crippen LogP contribution is 2.35. The van der Waals surface area contributed by atoms with Gasteiger partial charge in [-0.1, -0.05) is 35.6 Å². The van der Waals surface area contributed by atoms with Crippen LogP contribution in [0.5, 0.6) is 5.75 Å². The molecule has 0 spiro atoms. The first-order chi connectivity index (χ1) is 20.2. The largest absolute Gasteiger partial charge is 0.496 e. The lowest BCUT2D eigenvalue weighted by atomic mass is 9.95. The van der Waals surface area contributed by atoms with Crippen LogP contribution in [0.15, 0.2) is 75.7 Å². The van der Waals surface area contributed by atoms with Crippen molar-refractivity contribution < 1.29 is 23.8 Å². The molecule has 0 saturated carbocycles. The normalized spacial score (nSPS) is 14.8. The fourth-order valence-electron chi connectivity index (χ4n) is 5.34. The molecule has 2 aromatic carbocycles. The number of aryl methyl sites for hydroxylation is 1. The molecule has 4 aromatic rings. The van der Waals surface area contributed by atoms with E-state index in [0.29, 0.717) is 37.5 Å². The molecule has 3 heterocycles. The summed E-state index contributed by atoms with van der Waals surface area (Å²) in [7, 11) is 2.91. The molecule has 1 aliphatic rings. The van der Waals surface area contributed by atoms with Crippen molar-refractivity contribution in [2.45, 2.75) is 33.7 Å². The second-order valence-electron chi connectivity index (χ2n) is 9.75. The first kappa shape index (κ1) is 28.8. The molecule has 0 aliphatic carbocycles. The Morgan fingerprint density at radius 1 is 1.02 bits per heavy atom. The molecule has 0 radical (unpaired) electrons. The van der Waals surface area contributed by atoms with Crippen LogP contribution in [0.2, 0.25) is 0 Å². The molecular formula is C32H31N3O6S. The van der Waals surface area contributed by atoms with Crippen LogP contribution in [0.25, 0.3) is 11.8 Å². The van der Waals surface area contributed by atoms with Crippen molar-refractivity contribution in [1.82, 2.24) is 9.13 Å². The number of benzene rings is 2. The quantitative estimate of drug-likeness (QED) is 0.304. The minimum absolute atomic E-state index is 0.191. The lowest BCUT2D eigenvalue weighted by Crippen LogP contribution is -2.40. The molecule has 0 bridgehead atoms. The molecule has 10 heteroatoms. The molecule has 1 unspecified atom stereocenters. The van der Waals surface area contributed by atoms with Crippen molar-refractivity contribution in [3.8, 4) is 11.4 Å². The second-order valence-corrected chi connectivity index (χ2v) is 10.8. The standard InChI is InChI=1S/C32H31N3O6S/c1-7-41-31(38)27-19(3)33-32-35(28(27)24-13-8-9-14-25(24)39-5)29(36)26(42-32)17-22-15-18(2)34(20(22)4)23-12-10-11-21(16-23)30(37)40-6/h8-17,28H,7H2,1-6H3. The van der Waals surface area contributed by atoms with E-state index in [0.717, 1.165) is 22.6 Å². The summed E-state index contributed by atoms with van der Waals surface area (Å²) in [5.41, 5.74) is 5.09. The van der Waals surface area contributed by atoms with Crippen molar-refractivity contribution in [3.63, 3.8) is 0 Å². The van der Waals surface area contributed by atoms with Gasteiger partial charge in [-0.25, -0.2) is 14.6 Å². The number of carbonyl (C=O) groups excluding carboxylic acids is 2. The number of thiazole rings is 1. The van der Waals surface area contributed by atoms with E-state index in [1.165, 1.54) is 18.4 Å². The van der Waals surface area contributed by atoms with Gasteiger partial charge in [-0.05, 0) is 69.7 Å². The van der Waals surface area contributed by atoms with E-state index in [-0.39, 0.29) is 12.2 Å². The van der Waals surface area contributed by atoms with Crippen LogP contribution in [0.4, 0.5) is 0 Å². The van der Waals surface area contributed by atoms with Gasteiger partial charge in [0.1, 0.15) is 11.8 Å². The molecule has 0 amide bonds. The van der Waals surface area contributed by atoms with Gasteiger partial charge in [-0.2, -0.15) is 0 Å². The highest BCUT2D eigenvalue weighted by molar-refractivity contribution is 7.07. The Kier molecular flexibility index (Phi) is 8.00. The number of esters is 2. The maximum atomic E-state index is 14.1. The lowest BCUT2D eigenvalue weighted by molar-refractivity contribution is -0.139. The van der Waals surface area contributed by atoms with Gasteiger partial charge in [0.2, 0.25) is 0 Å². The molecule has 216 valence electrons. The third-order valence-electron chi connectivity index (χ3n) is 7.23. The molecule has 1 atom stereocenters. The Balaban J connectivity index is 1.69. The van der Waals surface area contributed by atoms with Gasteiger partial charge in [0, 0.05) is 22.6 Å². The topological polar surface area (TPSA) is 101 Å². The van der Waals surface area contributed by atoms with E-state index in [1.54, 1.807) is 49.8 Å². The Hall–Kier alpha value is -4.70. The SMILES string of the molecule is CCOC(=O)C1=C(C)N=c2sc(=Cc3cc(C)n(-c4cccc(C(=O)OC)c4)c3C)c(=O)n2C1c1ccccc1OC. The van der Waals surface area contributed by atoms with E-state index in [4.69, 9.17) is 14.2 Å². The zero-order valence-corrected chi connectivity index (χ0v) is 25.1. The number of hydrogen-bond acceptors (Lipinski definition) is 8. The van der Waals surface area contributed by atoms with Crippen molar-refractivity contribution in [2.75, 3.05) is 20.8 Å². The lowest BCUT2D eigenvalue weighted by Gasteiger charge is -2.25. The molecule has 0 N–H and O–H groups in total. The molecule has 9 nitrogen and oxygen atoms in total. The fourth-order valence-corrected chi connectivity index (χ4v) is 6.38. The minimum atomic E-state index is -0.771. The predicted molar refractivity (Wildman–Crippen MR) is 160 cm³/mol. The number of rotatable bonds is 7. The minimum Gasteiger partial charge on any atom is -0.496 e. The first-order valence-electron chi connectivity index (χ1n) is 13.4. The number of fused-ring (bicyclic) bond motifs is 1. The van der Waals surface area contributed by atoms with Crippen LogP contribution in [0.1, 0.15) is 52.8 Å². The van der Waals surface area contributed by atoms with Crippen molar-refractivity contribution in [3.05, 3.63) is 114 Å². The van der Waals surface area contributed by atoms with Crippen LogP contribution >= 0.6 is 11.3 Å². The maximum absolute atomic E-state index is 14.1. The average Bonchev–Trinajstić information content (AvgIpc) is 3.45. The van der Waals surface area contributed by atoms with Crippen LogP contribution < -0.4 is 19.6 Å². The third-order valence-corrected chi connectivity index (χ3v) is 8.22. The second kappa shape index (κ2) is 11.7. The van der Waals surface area contributed by atoms with Gasteiger partial charge < -0.3 is 18.8 Å². The number of allylic oxidation sites excluding steroid dienone is 1. The van der Waals surface area contributed by atoms with E-state index >= 15 is 0 Å². The van der Waals surface area contributed by atoms with Crippen molar-refractivity contribution in [1.29, 1.82) is 0 Å². The monoisotopic (exact) mass is 585 g/mol. The summed E-state index contributed by atoms with van der Waals surface area (Å²) in [4.78, 5) is 44.5. The number of aromatic nitrogens is 2. The van der Waals surface area contributed by atoms with E-state index in [9.17, 15) is 14.4 Å². The number of ether oxygens (including phenoxy) is 3. The van der Waals surface area contributed by atoms with Crippen LogP contribution in [0, 0.1) is 13.8 Å². The summed E-state index contributed by atoms with van der Waals surface area (Å²) in [5, 5.41) is 0. The van der Waals surface area contributed by atoms with Crippen LogP contribution in [-0.4, -0.2) is 41.9 Å². The molecule has 2 aromatic heterocycles. The Morgan fingerprint density at radius 2 is 1.79 bits per heavy atom. The van der Waals surface area contributed by atoms with Crippen LogP contribution in [-0.2, 0) is 14.3 Å². The summed E-state index contributed by atoms with van der Waals surface area (Å²) in [6.07, 6.45) is 1.84. The summed E-state index contributed by atoms with van der Waals surface area (Å²) >= 11 is 1.26. The fraction of sp³-hybridized carbons (Fsp3) is 0.250. The third kappa shape index (κ3) is 4.98. The molecule has 0 fully saturated rings. The van der Waals surface area contributed by atoms with E-state index in [1.807, 2.05) is 54.8 Å². The summed E-state index contributed by atoms with van der Waals surface area (Å²) in [6, 6.07) is 15.7. The molecular weight excluding hydrogens is 554 g/mol. The van der Waals surface area contributed by atoms with E-state index in [2.05, 4.69) is 4.99 Å². The molecule has 0 saturated heterocycles. The smallest absolute Gasteiger partial charge is 0.338 e. The Morgan fingerprint density at radius 3 is 2.50 bits per heavy atom. The molecule has 5 rings (SSSR count). The van der Waals surface area contributed by atoms with Gasteiger partial charge >= 0.3 is 11.9 Å². The van der Waals surface area contributed by atoms with Gasteiger partial charge in [-0.3, -0.25) is 9.36 Å². The average molecular weight is 586 g/mol. The highest BCUT2D eigenvalue weighted by atomic mass is 32.1. The zero-order valence-electron chi connectivity index (χ0n) is 24.3. The highest BCUT2D eigenvalue weighted by Gasteiger charge is 2.35. The predicted octanol–water partition coefficient (Wildman–Crippen LogP) is 4.00. The van der Waals surface area contributed by atoms with Gasteiger partial charge in [0.25, 0.3) is 5.56 Å². The number of methoxy groups -OCH3 is 2. The Labute approximate surface area is 246 Å². The van der Waals surface area contributed by atoms with Gasteiger partial charge in [-0.15, -0.1) is 0 Å². The molecule has 1 aliphatic heterocycles. The Bertz CT molecular complexity index is 1930. The van der Waals surface area contributed by atoms with Gasteiger partial charge in [0.05, 0.1) is 42.2 Å². The summed E-state index contributed by atoms with van der Waals surface area (Å²) in [6.45, 7) is 7.61. The number of hydrogen-bond donors (Lipinski definition) is 0. The van der Waals surface area contributed by atoms with Gasteiger partial charge in [0.15, 0.2) is 4.80 Å².